The molecule has 1 N–H and O–H groups in total. The molecule has 0 spiro atoms. The molecule has 0 saturated carbocycles. The fourth-order valence-electron chi connectivity index (χ4n) is 2.12. The number of rotatable bonds is 4. The smallest absolute Gasteiger partial charge is 0.0167 e. The van der Waals surface area contributed by atoms with Crippen LogP contribution < -0.4 is 5.32 Å². The second-order valence-corrected chi connectivity index (χ2v) is 5.29. The number of benzene rings is 1. The predicted octanol–water partition coefficient (Wildman–Crippen LogP) is 3.31. The number of aryl methyl sites for hydroxylation is 1. The van der Waals surface area contributed by atoms with E-state index in [-0.39, 0.29) is 5.54 Å². The van der Waals surface area contributed by atoms with Crippen molar-refractivity contribution >= 4 is 0 Å². The predicted molar refractivity (Wildman–Crippen MR) is 67.2 cm³/mol. The number of hydrogen-bond acceptors (Lipinski definition) is 1. The van der Waals surface area contributed by atoms with E-state index in [1.807, 2.05) is 0 Å². The molecule has 1 aromatic carbocycles. The van der Waals surface area contributed by atoms with Gasteiger partial charge in [-0.1, -0.05) is 38.1 Å². The molecular formula is C14H23N. The molecule has 0 atom stereocenters. The van der Waals surface area contributed by atoms with Crippen LogP contribution in [0.4, 0.5) is 0 Å². The molecular weight excluding hydrogens is 182 g/mol. The Hall–Kier alpha value is -0.820. The van der Waals surface area contributed by atoms with Gasteiger partial charge in [0.15, 0.2) is 0 Å². The van der Waals surface area contributed by atoms with Gasteiger partial charge in [-0.2, -0.15) is 0 Å². The summed E-state index contributed by atoms with van der Waals surface area (Å²) in [5.41, 5.74) is 2.99. The molecule has 0 saturated heterocycles. The van der Waals surface area contributed by atoms with Crippen molar-refractivity contribution in [1.29, 1.82) is 0 Å². The highest BCUT2D eigenvalue weighted by molar-refractivity contribution is 5.27. The lowest BCUT2D eigenvalue weighted by Crippen LogP contribution is -2.45. The highest BCUT2D eigenvalue weighted by Gasteiger charge is 2.19. The molecule has 0 amide bonds. The Morgan fingerprint density at radius 2 is 1.80 bits per heavy atom. The average molecular weight is 205 g/mol. The molecule has 1 heteroatoms. The van der Waals surface area contributed by atoms with Crippen molar-refractivity contribution < 1.29 is 0 Å². The van der Waals surface area contributed by atoms with Gasteiger partial charge in [-0.15, -0.1) is 0 Å². The largest absolute Gasteiger partial charge is 0.309 e. The van der Waals surface area contributed by atoms with Gasteiger partial charge in [-0.05, 0) is 38.3 Å². The van der Waals surface area contributed by atoms with Crippen LogP contribution >= 0.6 is 0 Å². The lowest BCUT2D eigenvalue weighted by atomic mass is 9.92. The summed E-state index contributed by atoms with van der Waals surface area (Å²) in [5.74, 6) is 0. The highest BCUT2D eigenvalue weighted by Crippen LogP contribution is 2.16. The minimum absolute atomic E-state index is 0.167. The van der Waals surface area contributed by atoms with Crippen molar-refractivity contribution in [3.8, 4) is 0 Å². The molecule has 1 aromatic rings. The summed E-state index contributed by atoms with van der Waals surface area (Å²) >= 11 is 0. The van der Waals surface area contributed by atoms with Gasteiger partial charge >= 0.3 is 0 Å². The molecule has 0 bridgehead atoms. The van der Waals surface area contributed by atoms with Crippen LogP contribution in [0.5, 0.6) is 0 Å². The third kappa shape index (κ3) is 4.05. The minimum atomic E-state index is 0.167. The fraction of sp³-hybridized carbons (Fsp3) is 0.571. The second kappa shape index (κ2) is 4.80. The molecule has 0 aliphatic rings. The van der Waals surface area contributed by atoms with Crippen LogP contribution in [0.15, 0.2) is 24.3 Å². The van der Waals surface area contributed by atoms with Gasteiger partial charge in [0.1, 0.15) is 0 Å². The highest BCUT2D eigenvalue weighted by atomic mass is 15.0. The Kier molecular flexibility index (Phi) is 3.92. The van der Waals surface area contributed by atoms with Crippen molar-refractivity contribution in [2.75, 3.05) is 0 Å². The van der Waals surface area contributed by atoms with Crippen LogP contribution in [0, 0.1) is 6.92 Å². The van der Waals surface area contributed by atoms with Gasteiger partial charge in [0.25, 0.3) is 0 Å². The van der Waals surface area contributed by atoms with Crippen molar-refractivity contribution in [1.82, 2.24) is 5.32 Å². The van der Waals surface area contributed by atoms with E-state index in [0.717, 1.165) is 6.42 Å². The average Bonchev–Trinajstić information content (AvgIpc) is 2.06. The van der Waals surface area contributed by atoms with Gasteiger partial charge < -0.3 is 5.32 Å². The zero-order valence-corrected chi connectivity index (χ0v) is 10.6. The summed E-state index contributed by atoms with van der Waals surface area (Å²) in [6.45, 7) is 11.1. The van der Waals surface area contributed by atoms with E-state index >= 15 is 0 Å². The Labute approximate surface area is 93.9 Å². The third-order valence-corrected chi connectivity index (χ3v) is 2.57. The molecule has 0 fully saturated rings. The van der Waals surface area contributed by atoms with Crippen molar-refractivity contribution in [3.63, 3.8) is 0 Å². The summed E-state index contributed by atoms with van der Waals surface area (Å²) in [6.07, 6.45) is 1.08. The Morgan fingerprint density at radius 3 is 2.33 bits per heavy atom. The molecule has 1 rings (SSSR count). The van der Waals surface area contributed by atoms with Gasteiger partial charge in [0.2, 0.25) is 0 Å². The Morgan fingerprint density at radius 1 is 1.20 bits per heavy atom. The van der Waals surface area contributed by atoms with Crippen LogP contribution in [0.3, 0.4) is 0 Å². The second-order valence-electron chi connectivity index (χ2n) is 5.29. The zero-order chi connectivity index (χ0) is 11.5. The van der Waals surface area contributed by atoms with Crippen LogP contribution in [-0.4, -0.2) is 11.6 Å². The molecule has 84 valence electrons. The van der Waals surface area contributed by atoms with E-state index in [1.54, 1.807) is 0 Å². The maximum absolute atomic E-state index is 3.59. The van der Waals surface area contributed by atoms with Gasteiger partial charge in [-0.3, -0.25) is 0 Å². The standard InChI is InChI=1S/C14H23N/c1-11(2)15-14(4,5)10-13-9-7-6-8-12(13)3/h6-9,11,15H,10H2,1-5H3. The maximum atomic E-state index is 3.59. The Balaban J connectivity index is 2.73. The molecule has 0 aliphatic heterocycles. The topological polar surface area (TPSA) is 12.0 Å². The number of nitrogens with one attached hydrogen (secondary N) is 1. The van der Waals surface area contributed by atoms with E-state index in [0.29, 0.717) is 6.04 Å². The molecule has 0 heterocycles. The van der Waals surface area contributed by atoms with E-state index in [4.69, 9.17) is 0 Å². The fourth-order valence-corrected chi connectivity index (χ4v) is 2.12. The first-order chi connectivity index (χ1) is 6.91. The summed E-state index contributed by atoms with van der Waals surface area (Å²) < 4.78 is 0. The summed E-state index contributed by atoms with van der Waals surface area (Å²) in [4.78, 5) is 0. The van der Waals surface area contributed by atoms with E-state index in [1.165, 1.54) is 11.1 Å². The SMILES string of the molecule is Cc1ccccc1CC(C)(C)NC(C)C. The first-order valence-electron chi connectivity index (χ1n) is 5.73. The molecule has 0 unspecified atom stereocenters. The summed E-state index contributed by atoms with van der Waals surface area (Å²) in [7, 11) is 0. The van der Waals surface area contributed by atoms with Crippen LogP contribution in [0.2, 0.25) is 0 Å². The van der Waals surface area contributed by atoms with Crippen molar-refractivity contribution in [2.24, 2.45) is 0 Å². The normalized spacial score (nSPS) is 12.1. The first kappa shape index (κ1) is 12.3. The Bertz CT molecular complexity index is 313. The van der Waals surface area contributed by atoms with Gasteiger partial charge in [0, 0.05) is 11.6 Å². The first-order valence-corrected chi connectivity index (χ1v) is 5.73. The van der Waals surface area contributed by atoms with E-state index in [9.17, 15) is 0 Å². The van der Waals surface area contributed by atoms with Crippen LogP contribution in [0.25, 0.3) is 0 Å². The van der Waals surface area contributed by atoms with E-state index in [2.05, 4.69) is 64.2 Å². The van der Waals surface area contributed by atoms with Crippen molar-refractivity contribution in [3.05, 3.63) is 35.4 Å². The molecule has 1 nitrogen and oxygen atoms in total. The monoisotopic (exact) mass is 205 g/mol. The number of hydrogen-bond donors (Lipinski definition) is 1. The third-order valence-electron chi connectivity index (χ3n) is 2.57. The maximum Gasteiger partial charge on any atom is 0.0167 e. The molecule has 0 aromatic heterocycles. The van der Waals surface area contributed by atoms with Crippen LogP contribution in [-0.2, 0) is 6.42 Å². The van der Waals surface area contributed by atoms with Crippen LogP contribution in [0.1, 0.15) is 38.8 Å². The zero-order valence-electron chi connectivity index (χ0n) is 10.6. The van der Waals surface area contributed by atoms with Gasteiger partial charge in [0.05, 0.1) is 0 Å². The molecule has 0 aliphatic carbocycles. The van der Waals surface area contributed by atoms with Crippen molar-refractivity contribution in [2.45, 2.75) is 52.6 Å². The molecule has 0 radical (unpaired) electrons. The lowest BCUT2D eigenvalue weighted by molar-refractivity contribution is 0.352. The summed E-state index contributed by atoms with van der Waals surface area (Å²) in [5, 5.41) is 3.59. The molecule has 15 heavy (non-hydrogen) atoms. The summed E-state index contributed by atoms with van der Waals surface area (Å²) in [6, 6.07) is 9.15. The van der Waals surface area contributed by atoms with Gasteiger partial charge in [-0.25, -0.2) is 0 Å². The minimum Gasteiger partial charge on any atom is -0.309 e. The quantitative estimate of drug-likeness (QED) is 0.795. The lowest BCUT2D eigenvalue weighted by Gasteiger charge is -2.29. The van der Waals surface area contributed by atoms with E-state index < -0.39 is 0 Å².